The third-order valence-corrected chi connectivity index (χ3v) is 3.74. The maximum Gasteiger partial charge on any atom is 0.282 e. The number of nitro groups is 1. The lowest BCUT2D eigenvalue weighted by Gasteiger charge is -2.09. The van der Waals surface area contributed by atoms with Crippen LogP contribution >= 0.6 is 0 Å². The molecule has 0 aromatic heterocycles. The van der Waals surface area contributed by atoms with Crippen LogP contribution in [0.3, 0.4) is 0 Å². The standard InChI is InChI=1S/C17H17N3O6/c1-23-14-4-3-11(5-15(14)24-2)8-18-19-9-12-6-16-17(26-10-25-16)7-13(12)20(21)22/h3-7,9,18H,8,10H2,1-2H3/b19-9-. The van der Waals surface area contributed by atoms with Gasteiger partial charge in [0.1, 0.15) is 0 Å². The van der Waals surface area contributed by atoms with E-state index in [0.717, 1.165) is 5.56 Å². The van der Waals surface area contributed by atoms with Crippen molar-refractivity contribution in [2.24, 2.45) is 5.10 Å². The number of nitrogens with one attached hydrogen (secondary N) is 1. The SMILES string of the molecule is COc1ccc(CN/N=C\c2cc3c(cc2[N+](=O)[O-])OCO3)cc1OC. The number of hydrogen-bond acceptors (Lipinski definition) is 8. The van der Waals surface area contributed by atoms with E-state index in [2.05, 4.69) is 10.5 Å². The van der Waals surface area contributed by atoms with Crippen molar-refractivity contribution in [2.75, 3.05) is 21.0 Å². The Morgan fingerprint density at radius 3 is 2.62 bits per heavy atom. The van der Waals surface area contributed by atoms with Crippen LogP contribution in [0.1, 0.15) is 11.1 Å². The molecule has 2 aromatic carbocycles. The van der Waals surface area contributed by atoms with Crippen LogP contribution in [0.15, 0.2) is 35.4 Å². The van der Waals surface area contributed by atoms with E-state index in [1.807, 2.05) is 12.1 Å². The molecule has 9 heteroatoms. The van der Waals surface area contributed by atoms with Crippen LogP contribution in [0.4, 0.5) is 5.69 Å². The fourth-order valence-electron chi connectivity index (χ4n) is 2.45. The third kappa shape index (κ3) is 3.61. The first-order valence-electron chi connectivity index (χ1n) is 7.67. The smallest absolute Gasteiger partial charge is 0.282 e. The number of methoxy groups -OCH3 is 2. The summed E-state index contributed by atoms with van der Waals surface area (Å²) in [6, 6.07) is 8.35. The predicted molar refractivity (Wildman–Crippen MR) is 93.2 cm³/mol. The monoisotopic (exact) mass is 359 g/mol. The van der Waals surface area contributed by atoms with Crippen molar-refractivity contribution in [3.05, 3.63) is 51.6 Å². The summed E-state index contributed by atoms with van der Waals surface area (Å²) in [6.07, 6.45) is 1.38. The molecule has 0 atom stereocenters. The van der Waals surface area contributed by atoms with E-state index in [-0.39, 0.29) is 12.5 Å². The van der Waals surface area contributed by atoms with Gasteiger partial charge in [0.2, 0.25) is 6.79 Å². The zero-order valence-corrected chi connectivity index (χ0v) is 14.2. The molecule has 26 heavy (non-hydrogen) atoms. The summed E-state index contributed by atoms with van der Waals surface area (Å²) in [5.41, 5.74) is 3.98. The van der Waals surface area contributed by atoms with E-state index < -0.39 is 4.92 Å². The fraction of sp³-hybridized carbons (Fsp3) is 0.235. The van der Waals surface area contributed by atoms with Gasteiger partial charge in [0.05, 0.1) is 43.5 Å². The van der Waals surface area contributed by atoms with E-state index in [4.69, 9.17) is 18.9 Å². The average Bonchev–Trinajstić information content (AvgIpc) is 3.11. The highest BCUT2D eigenvalue weighted by Crippen LogP contribution is 2.37. The topological polar surface area (TPSA) is 104 Å². The molecule has 0 unspecified atom stereocenters. The summed E-state index contributed by atoms with van der Waals surface area (Å²) in [4.78, 5) is 10.7. The van der Waals surface area contributed by atoms with E-state index in [0.29, 0.717) is 35.1 Å². The number of nitro benzene ring substituents is 1. The second-order valence-corrected chi connectivity index (χ2v) is 5.30. The van der Waals surface area contributed by atoms with Crippen LogP contribution < -0.4 is 24.4 Å². The summed E-state index contributed by atoms with van der Waals surface area (Å²) in [6.45, 7) is 0.458. The highest BCUT2D eigenvalue weighted by Gasteiger charge is 2.22. The van der Waals surface area contributed by atoms with Crippen LogP contribution in [0, 0.1) is 10.1 Å². The van der Waals surface area contributed by atoms with Gasteiger partial charge in [0.25, 0.3) is 5.69 Å². The van der Waals surface area contributed by atoms with Crippen molar-refractivity contribution < 1.29 is 23.9 Å². The summed E-state index contributed by atoms with van der Waals surface area (Å²) < 4.78 is 20.8. The van der Waals surface area contributed by atoms with E-state index in [1.54, 1.807) is 20.3 Å². The van der Waals surface area contributed by atoms with Crippen LogP contribution in [0.25, 0.3) is 0 Å². The second-order valence-electron chi connectivity index (χ2n) is 5.30. The number of rotatable bonds is 7. The maximum absolute atomic E-state index is 11.2. The van der Waals surface area contributed by atoms with Gasteiger partial charge in [-0.25, -0.2) is 0 Å². The molecule has 0 saturated carbocycles. The molecule has 0 amide bonds. The van der Waals surface area contributed by atoms with E-state index in [9.17, 15) is 10.1 Å². The number of hydrogen-bond donors (Lipinski definition) is 1. The Labute approximate surface area is 149 Å². The number of hydrazone groups is 1. The zero-order valence-electron chi connectivity index (χ0n) is 14.2. The largest absolute Gasteiger partial charge is 0.493 e. The van der Waals surface area contributed by atoms with E-state index in [1.165, 1.54) is 18.3 Å². The number of ether oxygens (including phenoxy) is 4. The Morgan fingerprint density at radius 2 is 1.92 bits per heavy atom. The number of fused-ring (bicyclic) bond motifs is 1. The van der Waals surface area contributed by atoms with Gasteiger partial charge in [-0.1, -0.05) is 6.07 Å². The van der Waals surface area contributed by atoms with Gasteiger partial charge in [0.15, 0.2) is 23.0 Å². The highest BCUT2D eigenvalue weighted by molar-refractivity contribution is 5.87. The van der Waals surface area contributed by atoms with Crippen LogP contribution in [0.2, 0.25) is 0 Å². The van der Waals surface area contributed by atoms with E-state index >= 15 is 0 Å². The Balaban J connectivity index is 1.70. The highest BCUT2D eigenvalue weighted by atomic mass is 16.7. The molecule has 0 spiro atoms. The lowest BCUT2D eigenvalue weighted by atomic mass is 10.1. The molecule has 0 bridgehead atoms. The van der Waals surface area contributed by atoms with Gasteiger partial charge in [0, 0.05) is 0 Å². The van der Waals surface area contributed by atoms with Crippen molar-refractivity contribution in [1.82, 2.24) is 5.43 Å². The van der Waals surface area contributed by atoms with Crippen LogP contribution in [0.5, 0.6) is 23.0 Å². The molecule has 0 saturated heterocycles. The molecule has 2 aromatic rings. The first kappa shape index (κ1) is 17.3. The van der Waals surface area contributed by atoms with Gasteiger partial charge in [-0.3, -0.25) is 10.1 Å². The summed E-state index contributed by atoms with van der Waals surface area (Å²) in [7, 11) is 3.13. The normalized spacial score (nSPS) is 12.2. The summed E-state index contributed by atoms with van der Waals surface area (Å²) in [5.74, 6) is 2.06. The van der Waals surface area contributed by atoms with Crippen molar-refractivity contribution in [1.29, 1.82) is 0 Å². The Bertz CT molecular complexity index is 853. The quantitative estimate of drug-likeness (QED) is 0.460. The third-order valence-electron chi connectivity index (χ3n) is 3.74. The first-order chi connectivity index (χ1) is 12.6. The summed E-state index contributed by atoms with van der Waals surface area (Å²) >= 11 is 0. The Morgan fingerprint density at radius 1 is 1.19 bits per heavy atom. The molecule has 0 radical (unpaired) electrons. The predicted octanol–water partition coefficient (Wildman–Crippen LogP) is 2.46. The Kier molecular flexibility index (Phi) is 5.07. The lowest BCUT2D eigenvalue weighted by molar-refractivity contribution is -0.385. The van der Waals surface area contributed by atoms with Crippen LogP contribution in [-0.2, 0) is 6.54 Å². The van der Waals surface area contributed by atoms with Gasteiger partial charge in [-0.15, -0.1) is 0 Å². The molecule has 136 valence electrons. The molecule has 1 N–H and O–H groups in total. The van der Waals surface area contributed by atoms with Gasteiger partial charge in [-0.05, 0) is 23.8 Å². The minimum Gasteiger partial charge on any atom is -0.493 e. The second kappa shape index (κ2) is 7.60. The average molecular weight is 359 g/mol. The molecule has 1 aliphatic rings. The van der Waals surface area contributed by atoms with Gasteiger partial charge in [-0.2, -0.15) is 5.10 Å². The van der Waals surface area contributed by atoms with Gasteiger partial charge < -0.3 is 24.4 Å². The van der Waals surface area contributed by atoms with Crippen molar-refractivity contribution in [3.8, 4) is 23.0 Å². The molecule has 3 rings (SSSR count). The number of nitrogens with zero attached hydrogens (tertiary/aromatic N) is 2. The number of benzene rings is 2. The minimum absolute atomic E-state index is 0.0463. The van der Waals surface area contributed by atoms with Gasteiger partial charge >= 0.3 is 0 Å². The molecule has 1 aliphatic heterocycles. The molecule has 9 nitrogen and oxygen atoms in total. The minimum atomic E-state index is -0.488. The lowest BCUT2D eigenvalue weighted by Crippen LogP contribution is -2.06. The van der Waals surface area contributed by atoms with Crippen molar-refractivity contribution in [3.63, 3.8) is 0 Å². The first-order valence-corrected chi connectivity index (χ1v) is 7.67. The fourth-order valence-corrected chi connectivity index (χ4v) is 2.45. The molecular formula is C17H17N3O6. The molecule has 1 heterocycles. The molecular weight excluding hydrogens is 342 g/mol. The summed E-state index contributed by atoms with van der Waals surface area (Å²) in [5, 5.41) is 15.3. The Hall–Kier alpha value is -3.49. The zero-order chi connectivity index (χ0) is 18.5. The van der Waals surface area contributed by atoms with Crippen molar-refractivity contribution in [2.45, 2.75) is 6.54 Å². The maximum atomic E-state index is 11.2. The van der Waals surface area contributed by atoms with Crippen LogP contribution in [-0.4, -0.2) is 32.2 Å². The van der Waals surface area contributed by atoms with Crippen molar-refractivity contribution >= 4 is 11.9 Å². The molecule has 0 aliphatic carbocycles. The molecule has 0 fully saturated rings.